The minimum atomic E-state index is -1.75. The Morgan fingerprint density at radius 1 is 1.36 bits per heavy atom. The molecule has 1 amide bonds. The first kappa shape index (κ1) is 19.2. The molecule has 1 aliphatic carbocycles. The lowest BCUT2D eigenvalue weighted by Crippen LogP contribution is -2.49. The molecule has 148 valence electrons. The van der Waals surface area contributed by atoms with Crippen molar-refractivity contribution in [3.8, 4) is 0 Å². The number of likely N-dealkylation sites (tertiary alicyclic amines) is 1. The average molecular weight is 403 g/mol. The average Bonchev–Trinajstić information content (AvgIpc) is 2.83. The van der Waals surface area contributed by atoms with Gasteiger partial charge in [0, 0.05) is 29.7 Å². The molecule has 1 N–H and O–H groups in total. The summed E-state index contributed by atoms with van der Waals surface area (Å²) in [7, 11) is 0. The zero-order chi connectivity index (χ0) is 19.9. The molecule has 4 rings (SSSR count). The second kappa shape index (κ2) is 7.36. The van der Waals surface area contributed by atoms with Crippen LogP contribution in [0, 0.1) is 5.92 Å². The normalized spacial score (nSPS) is 26.9. The summed E-state index contributed by atoms with van der Waals surface area (Å²) in [6, 6.07) is 9.02. The number of carbonyl (C=O) groups is 1. The Morgan fingerprint density at radius 3 is 2.89 bits per heavy atom. The molecule has 0 saturated carbocycles. The number of aromatic nitrogens is 1. The van der Waals surface area contributed by atoms with E-state index in [1.54, 1.807) is 18.3 Å². The first-order chi connectivity index (χ1) is 13.4. The van der Waals surface area contributed by atoms with E-state index in [1.165, 1.54) is 4.90 Å². The van der Waals surface area contributed by atoms with Crippen LogP contribution in [0.5, 0.6) is 0 Å². The van der Waals surface area contributed by atoms with Gasteiger partial charge in [0.15, 0.2) is 5.67 Å². The lowest BCUT2D eigenvalue weighted by molar-refractivity contribution is 0.0282. The standard InChI is InChI=1S/C22H24ClFN2O2/c1-2-18-13-16(9-11-26(18)21(27)28)22(24)19-8-7-17(23)12-15(19)6-5-14-4-3-10-25-20(14)22/h3-4,7-8,10,12,16,18H,2,5-6,9,11,13H2,1H3,(H,27,28). The molecule has 1 fully saturated rings. The predicted octanol–water partition coefficient (Wildman–Crippen LogP) is 5.22. The van der Waals surface area contributed by atoms with Crippen molar-refractivity contribution in [2.75, 3.05) is 6.54 Å². The summed E-state index contributed by atoms with van der Waals surface area (Å²) in [6.07, 6.45) is 3.78. The van der Waals surface area contributed by atoms with Gasteiger partial charge < -0.3 is 10.0 Å². The van der Waals surface area contributed by atoms with Crippen LogP contribution in [-0.4, -0.2) is 33.7 Å². The number of pyridine rings is 1. The van der Waals surface area contributed by atoms with Crippen LogP contribution in [0.25, 0.3) is 0 Å². The van der Waals surface area contributed by atoms with Crippen LogP contribution in [-0.2, 0) is 18.5 Å². The number of halogens is 2. The quantitative estimate of drug-likeness (QED) is 0.749. The van der Waals surface area contributed by atoms with Crippen molar-refractivity contribution >= 4 is 17.7 Å². The van der Waals surface area contributed by atoms with Crippen molar-refractivity contribution < 1.29 is 14.3 Å². The molecule has 1 aliphatic heterocycles. The zero-order valence-corrected chi connectivity index (χ0v) is 16.6. The first-order valence-electron chi connectivity index (χ1n) is 9.86. The Bertz CT molecular complexity index is 906. The molecule has 0 bridgehead atoms. The fraction of sp³-hybridized carbons (Fsp3) is 0.455. The van der Waals surface area contributed by atoms with E-state index in [2.05, 4.69) is 4.98 Å². The summed E-state index contributed by atoms with van der Waals surface area (Å²) in [6.45, 7) is 2.30. The van der Waals surface area contributed by atoms with Gasteiger partial charge in [-0.1, -0.05) is 30.7 Å². The highest BCUT2D eigenvalue weighted by Crippen LogP contribution is 2.50. The highest BCUT2D eigenvalue weighted by Gasteiger charge is 2.50. The molecule has 0 radical (unpaired) electrons. The van der Waals surface area contributed by atoms with E-state index in [0.717, 1.165) is 11.1 Å². The number of aryl methyl sites for hydroxylation is 2. The van der Waals surface area contributed by atoms with Gasteiger partial charge in [-0.3, -0.25) is 4.98 Å². The van der Waals surface area contributed by atoms with E-state index in [4.69, 9.17) is 11.6 Å². The molecule has 1 saturated heterocycles. The fourth-order valence-electron chi connectivity index (χ4n) is 4.95. The Labute approximate surface area is 169 Å². The number of rotatable bonds is 2. The van der Waals surface area contributed by atoms with Gasteiger partial charge in [-0.15, -0.1) is 0 Å². The number of amides is 1. The summed E-state index contributed by atoms with van der Waals surface area (Å²) >= 11 is 6.21. The van der Waals surface area contributed by atoms with Crippen LogP contribution < -0.4 is 0 Å². The van der Waals surface area contributed by atoms with Gasteiger partial charge in [0.05, 0.1) is 5.69 Å². The third-order valence-electron chi connectivity index (χ3n) is 6.35. The van der Waals surface area contributed by atoms with Gasteiger partial charge in [0.25, 0.3) is 0 Å². The van der Waals surface area contributed by atoms with Crippen LogP contribution in [0.4, 0.5) is 9.18 Å². The zero-order valence-electron chi connectivity index (χ0n) is 15.9. The van der Waals surface area contributed by atoms with E-state index < -0.39 is 11.8 Å². The second-order valence-electron chi connectivity index (χ2n) is 7.78. The Morgan fingerprint density at radius 2 is 2.14 bits per heavy atom. The van der Waals surface area contributed by atoms with E-state index in [-0.39, 0.29) is 12.0 Å². The van der Waals surface area contributed by atoms with Crippen LogP contribution in [0.2, 0.25) is 5.02 Å². The van der Waals surface area contributed by atoms with E-state index >= 15 is 4.39 Å². The van der Waals surface area contributed by atoms with Gasteiger partial charge in [-0.05, 0) is 67.0 Å². The van der Waals surface area contributed by atoms with Gasteiger partial charge >= 0.3 is 6.09 Å². The maximum absolute atomic E-state index is 17.2. The first-order valence-corrected chi connectivity index (χ1v) is 10.2. The molecule has 2 aromatic rings. The molecule has 3 atom stereocenters. The molecular formula is C22H24ClFN2O2. The molecule has 2 aliphatic rings. The van der Waals surface area contributed by atoms with Crippen molar-refractivity contribution in [1.29, 1.82) is 0 Å². The molecule has 0 spiro atoms. The molecule has 4 nitrogen and oxygen atoms in total. The van der Waals surface area contributed by atoms with Crippen molar-refractivity contribution in [3.05, 3.63) is 63.9 Å². The second-order valence-corrected chi connectivity index (χ2v) is 8.22. The summed E-state index contributed by atoms with van der Waals surface area (Å²) < 4.78 is 17.2. The molecule has 28 heavy (non-hydrogen) atoms. The van der Waals surface area contributed by atoms with Crippen LogP contribution >= 0.6 is 11.6 Å². The molecule has 1 aromatic heterocycles. The van der Waals surface area contributed by atoms with Gasteiger partial charge in [-0.25, -0.2) is 9.18 Å². The number of carboxylic acid groups (broad SMARTS) is 1. The maximum Gasteiger partial charge on any atom is 0.407 e. The van der Waals surface area contributed by atoms with Crippen molar-refractivity contribution in [1.82, 2.24) is 9.88 Å². The SMILES string of the molecule is CCC1CC(C2(F)c3ccc(Cl)cc3CCc3cccnc32)CCN1C(=O)O. The number of fused-ring (bicyclic) bond motifs is 2. The molecular weight excluding hydrogens is 379 g/mol. The number of benzene rings is 1. The minimum absolute atomic E-state index is 0.185. The van der Waals surface area contributed by atoms with E-state index in [9.17, 15) is 9.90 Å². The van der Waals surface area contributed by atoms with Gasteiger partial charge in [0.2, 0.25) is 0 Å². The fourth-order valence-corrected chi connectivity index (χ4v) is 5.15. The van der Waals surface area contributed by atoms with Crippen molar-refractivity contribution in [2.45, 2.75) is 50.7 Å². The topological polar surface area (TPSA) is 53.4 Å². The largest absolute Gasteiger partial charge is 0.465 e. The Hall–Kier alpha value is -2.14. The van der Waals surface area contributed by atoms with Crippen LogP contribution in [0.15, 0.2) is 36.5 Å². The Balaban J connectivity index is 1.84. The minimum Gasteiger partial charge on any atom is -0.465 e. The highest BCUT2D eigenvalue weighted by atomic mass is 35.5. The summed E-state index contributed by atoms with van der Waals surface area (Å²) in [5, 5.41) is 10.1. The molecule has 1 aromatic carbocycles. The van der Waals surface area contributed by atoms with Crippen molar-refractivity contribution in [2.24, 2.45) is 5.92 Å². The number of hydrogen-bond donors (Lipinski definition) is 1. The monoisotopic (exact) mass is 402 g/mol. The maximum atomic E-state index is 17.2. The van der Waals surface area contributed by atoms with E-state index in [1.807, 2.05) is 25.1 Å². The predicted molar refractivity (Wildman–Crippen MR) is 107 cm³/mol. The van der Waals surface area contributed by atoms with Gasteiger partial charge in [0.1, 0.15) is 0 Å². The number of alkyl halides is 1. The van der Waals surface area contributed by atoms with E-state index in [0.29, 0.717) is 54.9 Å². The smallest absolute Gasteiger partial charge is 0.407 e. The molecule has 2 heterocycles. The third-order valence-corrected chi connectivity index (χ3v) is 6.59. The lowest BCUT2D eigenvalue weighted by Gasteiger charge is -2.43. The number of piperidine rings is 1. The number of hydrogen-bond acceptors (Lipinski definition) is 2. The van der Waals surface area contributed by atoms with Gasteiger partial charge in [-0.2, -0.15) is 0 Å². The van der Waals surface area contributed by atoms with Crippen LogP contribution in [0.3, 0.4) is 0 Å². The summed E-state index contributed by atoms with van der Waals surface area (Å²) in [5.74, 6) is -0.334. The summed E-state index contributed by atoms with van der Waals surface area (Å²) in [4.78, 5) is 17.5. The number of nitrogens with zero attached hydrogens (tertiary/aromatic N) is 2. The molecule has 6 heteroatoms. The molecule has 3 unspecified atom stereocenters. The Kier molecular flexibility index (Phi) is 5.04. The highest BCUT2D eigenvalue weighted by molar-refractivity contribution is 6.30. The van der Waals surface area contributed by atoms with Crippen LogP contribution in [0.1, 0.15) is 48.6 Å². The van der Waals surface area contributed by atoms with Crippen molar-refractivity contribution in [3.63, 3.8) is 0 Å². The lowest BCUT2D eigenvalue weighted by atomic mass is 9.72. The third kappa shape index (κ3) is 3.06. The summed E-state index contributed by atoms with van der Waals surface area (Å²) in [5.41, 5.74) is 1.22.